The number of hydrogen-bond donors (Lipinski definition) is 1. The van der Waals surface area contributed by atoms with Crippen LogP contribution in [0.15, 0.2) is 42.5 Å². The fourth-order valence-electron chi connectivity index (χ4n) is 2.95. The molecule has 2 aromatic rings. The zero-order valence-electron chi connectivity index (χ0n) is 16.2. The topological polar surface area (TPSA) is 81.7 Å². The summed E-state index contributed by atoms with van der Waals surface area (Å²) in [6.45, 7) is 5.33. The molecule has 0 spiro atoms. The second kappa shape index (κ2) is 8.25. The van der Waals surface area contributed by atoms with Gasteiger partial charge in [-0.3, -0.25) is 9.59 Å². The van der Waals surface area contributed by atoms with Crippen LogP contribution in [-0.2, 0) is 14.3 Å². The zero-order chi connectivity index (χ0) is 20.3. The van der Waals surface area contributed by atoms with Crippen LogP contribution < -0.4 is 10.1 Å². The van der Waals surface area contributed by atoms with Crippen molar-refractivity contribution < 1.29 is 23.9 Å². The zero-order valence-corrected chi connectivity index (χ0v) is 16.2. The Hall–Kier alpha value is -3.15. The lowest BCUT2D eigenvalue weighted by molar-refractivity contribution is -0.144. The number of esters is 1. The van der Waals surface area contributed by atoms with E-state index >= 15 is 0 Å². The summed E-state index contributed by atoms with van der Waals surface area (Å²) in [6.07, 6.45) is 0. The van der Waals surface area contributed by atoms with Crippen molar-refractivity contribution in [1.29, 1.82) is 0 Å². The summed E-state index contributed by atoms with van der Waals surface area (Å²) in [5.74, 6) is -0.361. The fourth-order valence-corrected chi connectivity index (χ4v) is 2.95. The van der Waals surface area contributed by atoms with Gasteiger partial charge in [-0.1, -0.05) is 26.0 Å². The van der Waals surface area contributed by atoms with Gasteiger partial charge in [0.1, 0.15) is 5.75 Å². The minimum Gasteiger partial charge on any atom is -0.482 e. The predicted octanol–water partition coefficient (Wildman–Crippen LogP) is 3.67. The minimum absolute atomic E-state index is 0.0930. The van der Waals surface area contributed by atoms with E-state index in [1.54, 1.807) is 37.3 Å². The largest absolute Gasteiger partial charge is 0.482 e. The molecule has 1 aliphatic heterocycles. The third-order valence-corrected chi connectivity index (χ3v) is 4.76. The molecule has 0 saturated heterocycles. The van der Waals surface area contributed by atoms with Gasteiger partial charge >= 0.3 is 5.97 Å². The van der Waals surface area contributed by atoms with Crippen LogP contribution in [0, 0.1) is 0 Å². The van der Waals surface area contributed by atoms with Gasteiger partial charge in [-0.15, -0.1) is 0 Å². The molecule has 0 radical (unpaired) electrons. The van der Waals surface area contributed by atoms with Gasteiger partial charge in [0, 0.05) is 11.3 Å². The standard InChI is InChI=1S/C22H23NO5/c1-13(2)15-4-7-17(8-5-15)27-12-21(25)28-11-20(24)16-6-9-19-18(10-16)14(3)22(26)23-19/h4-10,13-14H,11-12H2,1-3H3,(H,23,26)/t14-/m1/s1. The average molecular weight is 381 g/mol. The number of carbonyl (C=O) groups excluding carboxylic acids is 3. The van der Waals surface area contributed by atoms with E-state index in [2.05, 4.69) is 19.2 Å². The number of rotatable bonds is 7. The van der Waals surface area contributed by atoms with E-state index in [0.717, 1.165) is 5.56 Å². The van der Waals surface area contributed by atoms with Gasteiger partial charge in [0.05, 0.1) is 5.92 Å². The molecule has 3 rings (SSSR count). The molecule has 1 heterocycles. The lowest BCUT2D eigenvalue weighted by Gasteiger charge is -2.09. The third-order valence-electron chi connectivity index (χ3n) is 4.76. The highest BCUT2D eigenvalue weighted by Crippen LogP contribution is 2.32. The van der Waals surface area contributed by atoms with Gasteiger partial charge in [0.15, 0.2) is 19.0 Å². The highest BCUT2D eigenvalue weighted by molar-refractivity contribution is 6.05. The maximum Gasteiger partial charge on any atom is 0.344 e. The highest BCUT2D eigenvalue weighted by Gasteiger charge is 2.27. The van der Waals surface area contributed by atoms with E-state index in [4.69, 9.17) is 9.47 Å². The first-order chi connectivity index (χ1) is 13.3. The van der Waals surface area contributed by atoms with Crippen molar-refractivity contribution in [2.75, 3.05) is 18.5 Å². The van der Waals surface area contributed by atoms with Crippen LogP contribution in [0.2, 0.25) is 0 Å². The Morgan fingerprint density at radius 3 is 2.46 bits per heavy atom. The fraction of sp³-hybridized carbons (Fsp3) is 0.318. The first-order valence-electron chi connectivity index (χ1n) is 9.21. The minimum atomic E-state index is -0.618. The number of Topliss-reactive ketones (excluding diaryl/α,β-unsaturated/α-hetero) is 1. The molecule has 1 aliphatic rings. The van der Waals surface area contributed by atoms with Crippen molar-refractivity contribution >= 4 is 23.3 Å². The first-order valence-corrected chi connectivity index (χ1v) is 9.21. The number of anilines is 1. The number of hydrogen-bond acceptors (Lipinski definition) is 5. The number of ketones is 1. The molecule has 1 atom stereocenters. The number of ether oxygens (including phenoxy) is 2. The summed E-state index contributed by atoms with van der Waals surface area (Å²) < 4.78 is 10.4. The molecule has 0 unspecified atom stereocenters. The summed E-state index contributed by atoms with van der Waals surface area (Å²) in [5.41, 5.74) is 3.07. The summed E-state index contributed by atoms with van der Waals surface area (Å²) in [6, 6.07) is 12.5. The molecule has 6 heteroatoms. The first kappa shape index (κ1) is 19.6. The van der Waals surface area contributed by atoms with Crippen molar-refractivity contribution in [2.24, 2.45) is 0 Å². The summed E-state index contributed by atoms with van der Waals surface area (Å²) in [5, 5.41) is 2.75. The summed E-state index contributed by atoms with van der Waals surface area (Å²) in [7, 11) is 0. The number of nitrogens with one attached hydrogen (secondary N) is 1. The monoisotopic (exact) mass is 381 g/mol. The van der Waals surface area contributed by atoms with Gasteiger partial charge in [-0.2, -0.15) is 0 Å². The molecular weight excluding hydrogens is 358 g/mol. The van der Waals surface area contributed by atoms with Gasteiger partial charge in [-0.05, 0) is 54.3 Å². The molecule has 0 aliphatic carbocycles. The Morgan fingerprint density at radius 2 is 1.79 bits per heavy atom. The maximum absolute atomic E-state index is 12.3. The molecule has 6 nitrogen and oxygen atoms in total. The second-order valence-electron chi connectivity index (χ2n) is 7.11. The van der Waals surface area contributed by atoms with E-state index in [-0.39, 0.29) is 30.8 Å². The number of amides is 1. The molecular formula is C22H23NO5. The Morgan fingerprint density at radius 1 is 1.07 bits per heavy atom. The predicted molar refractivity (Wildman–Crippen MR) is 105 cm³/mol. The van der Waals surface area contributed by atoms with E-state index in [1.807, 2.05) is 12.1 Å². The van der Waals surface area contributed by atoms with Gasteiger partial charge in [-0.25, -0.2) is 4.79 Å². The van der Waals surface area contributed by atoms with Gasteiger partial charge < -0.3 is 14.8 Å². The van der Waals surface area contributed by atoms with Crippen molar-refractivity contribution in [3.63, 3.8) is 0 Å². The molecule has 2 aromatic carbocycles. The molecule has 0 saturated carbocycles. The Bertz CT molecular complexity index is 902. The smallest absolute Gasteiger partial charge is 0.344 e. The quantitative estimate of drug-likeness (QED) is 0.585. The normalized spacial score (nSPS) is 15.1. The third kappa shape index (κ3) is 4.39. The lowest BCUT2D eigenvalue weighted by atomic mass is 9.99. The number of fused-ring (bicyclic) bond motifs is 1. The number of benzene rings is 2. The van der Waals surface area contributed by atoms with E-state index in [9.17, 15) is 14.4 Å². The van der Waals surface area contributed by atoms with Crippen LogP contribution in [0.1, 0.15) is 54.1 Å². The molecule has 0 aromatic heterocycles. The van der Waals surface area contributed by atoms with Crippen LogP contribution in [0.5, 0.6) is 5.75 Å². The molecule has 28 heavy (non-hydrogen) atoms. The Kier molecular flexibility index (Phi) is 5.78. The maximum atomic E-state index is 12.3. The molecule has 1 N–H and O–H groups in total. The van der Waals surface area contributed by atoms with Gasteiger partial charge in [0.2, 0.25) is 5.91 Å². The van der Waals surface area contributed by atoms with Crippen LogP contribution in [0.25, 0.3) is 0 Å². The van der Waals surface area contributed by atoms with E-state index in [1.165, 1.54) is 5.56 Å². The van der Waals surface area contributed by atoms with Crippen molar-refractivity contribution in [2.45, 2.75) is 32.6 Å². The number of carbonyl (C=O) groups is 3. The van der Waals surface area contributed by atoms with E-state index in [0.29, 0.717) is 22.9 Å². The van der Waals surface area contributed by atoms with Crippen LogP contribution in [0.3, 0.4) is 0 Å². The van der Waals surface area contributed by atoms with Crippen molar-refractivity contribution in [3.05, 3.63) is 59.2 Å². The molecule has 1 amide bonds. The SMILES string of the molecule is CC(C)c1ccc(OCC(=O)OCC(=O)c2ccc3c(c2)[C@@H](C)C(=O)N3)cc1. The van der Waals surface area contributed by atoms with Gasteiger partial charge in [0.25, 0.3) is 0 Å². The average Bonchev–Trinajstić information content (AvgIpc) is 2.98. The van der Waals surface area contributed by atoms with Crippen molar-refractivity contribution in [1.82, 2.24) is 0 Å². The van der Waals surface area contributed by atoms with Crippen molar-refractivity contribution in [3.8, 4) is 5.75 Å². The lowest BCUT2D eigenvalue weighted by Crippen LogP contribution is -2.19. The van der Waals surface area contributed by atoms with Crippen LogP contribution in [-0.4, -0.2) is 30.9 Å². The Balaban J connectivity index is 1.49. The summed E-state index contributed by atoms with van der Waals surface area (Å²) >= 11 is 0. The summed E-state index contributed by atoms with van der Waals surface area (Å²) in [4.78, 5) is 35.8. The molecule has 0 bridgehead atoms. The second-order valence-corrected chi connectivity index (χ2v) is 7.11. The molecule has 0 fully saturated rings. The van der Waals surface area contributed by atoms with Crippen LogP contribution >= 0.6 is 0 Å². The highest BCUT2D eigenvalue weighted by atomic mass is 16.6. The van der Waals surface area contributed by atoms with E-state index < -0.39 is 5.97 Å². The van der Waals surface area contributed by atoms with Crippen LogP contribution in [0.4, 0.5) is 5.69 Å². The molecule has 146 valence electrons. The Labute approximate surface area is 163 Å².